The molecule has 0 bridgehead atoms. The van der Waals surface area contributed by atoms with Crippen molar-refractivity contribution >= 4 is 38.6 Å². The fourth-order valence-electron chi connectivity index (χ4n) is 3.36. The molecule has 0 radical (unpaired) electrons. The molecule has 24 heavy (non-hydrogen) atoms. The van der Waals surface area contributed by atoms with Gasteiger partial charge in [-0.25, -0.2) is 0 Å². The van der Waals surface area contributed by atoms with Crippen LogP contribution in [0.1, 0.15) is 31.1 Å². The summed E-state index contributed by atoms with van der Waals surface area (Å²) in [5.41, 5.74) is 2.63. The minimum Gasteiger partial charge on any atom is -0.299 e. The van der Waals surface area contributed by atoms with E-state index in [-0.39, 0.29) is 11.7 Å². The second-order valence-corrected chi connectivity index (χ2v) is 8.29. The van der Waals surface area contributed by atoms with Crippen LogP contribution in [0.25, 0.3) is 16.0 Å². The highest BCUT2D eigenvalue weighted by Gasteiger charge is 2.24. The third-order valence-electron chi connectivity index (χ3n) is 4.63. The number of allylic oxidation sites excluding steroid dienone is 3. The van der Waals surface area contributed by atoms with Crippen molar-refractivity contribution in [2.75, 3.05) is 0 Å². The quantitative estimate of drug-likeness (QED) is 0.507. The summed E-state index contributed by atoms with van der Waals surface area (Å²) in [5, 5.41) is 0. The van der Waals surface area contributed by atoms with E-state index >= 15 is 0 Å². The number of benzene rings is 1. The topological polar surface area (TPSA) is 17.1 Å². The van der Waals surface area contributed by atoms with Gasteiger partial charge in [-0.2, -0.15) is 0 Å². The largest absolute Gasteiger partial charge is 0.299 e. The van der Waals surface area contributed by atoms with Crippen LogP contribution in [0, 0.1) is 11.8 Å². The van der Waals surface area contributed by atoms with Crippen LogP contribution in [0.2, 0.25) is 0 Å². The smallest absolute Gasteiger partial charge is 0.137 e. The lowest BCUT2D eigenvalue weighted by atomic mass is 9.80. The average Bonchev–Trinajstić information content (AvgIpc) is 3.06. The Bertz CT molecular complexity index is 769. The zero-order valence-corrected chi connectivity index (χ0v) is 16.2. The van der Waals surface area contributed by atoms with Gasteiger partial charge >= 0.3 is 0 Å². The summed E-state index contributed by atoms with van der Waals surface area (Å²) in [5.74, 6) is 0.461. The molecule has 2 unspecified atom stereocenters. The monoisotopic (exact) mass is 400 g/mol. The van der Waals surface area contributed by atoms with Crippen LogP contribution < -0.4 is 0 Å². The van der Waals surface area contributed by atoms with Crippen molar-refractivity contribution < 1.29 is 4.79 Å². The molecule has 0 fully saturated rings. The predicted molar refractivity (Wildman–Crippen MR) is 107 cm³/mol. The number of halogens is 1. The highest BCUT2D eigenvalue weighted by Crippen LogP contribution is 2.39. The third-order valence-corrected chi connectivity index (χ3v) is 6.37. The lowest BCUT2D eigenvalue weighted by molar-refractivity contribution is -0.120. The Labute approximate surface area is 156 Å². The number of hydrogen-bond donors (Lipinski definition) is 0. The first kappa shape index (κ1) is 17.4. The van der Waals surface area contributed by atoms with E-state index in [9.17, 15) is 4.79 Å². The molecule has 0 spiro atoms. The number of thiophene rings is 1. The van der Waals surface area contributed by atoms with E-state index in [1.807, 2.05) is 17.4 Å². The highest BCUT2D eigenvalue weighted by atomic mass is 79.9. The molecule has 0 N–H and O–H groups in total. The number of hydrogen-bond acceptors (Lipinski definition) is 2. The van der Waals surface area contributed by atoms with Crippen molar-refractivity contribution in [1.82, 2.24) is 0 Å². The van der Waals surface area contributed by atoms with Gasteiger partial charge in [0.2, 0.25) is 0 Å². The second-order valence-electron chi connectivity index (χ2n) is 6.29. The van der Waals surface area contributed by atoms with Crippen LogP contribution in [-0.2, 0) is 4.79 Å². The predicted octanol–water partition coefficient (Wildman–Crippen LogP) is 6.75. The van der Waals surface area contributed by atoms with E-state index < -0.39 is 0 Å². The molecule has 0 saturated carbocycles. The standard InChI is InChI=1S/C21H21BrOS/c1-3-19(14(2)23)16-5-4-6-17(13-16)21-12-11-20(24-21)15-7-9-18(22)10-8-15/h3,7-13,16,19H,1,4-6H2,2H3. The summed E-state index contributed by atoms with van der Waals surface area (Å²) < 4.78 is 1.10. The molecule has 0 aliphatic heterocycles. The van der Waals surface area contributed by atoms with Gasteiger partial charge < -0.3 is 0 Å². The molecule has 124 valence electrons. The molecular formula is C21H21BrOS. The van der Waals surface area contributed by atoms with Crippen LogP contribution in [0.3, 0.4) is 0 Å². The van der Waals surface area contributed by atoms with Crippen LogP contribution in [0.4, 0.5) is 0 Å². The van der Waals surface area contributed by atoms with E-state index in [1.54, 1.807) is 6.92 Å². The molecule has 1 aromatic carbocycles. The molecule has 2 aromatic rings. The van der Waals surface area contributed by atoms with Crippen LogP contribution in [0.5, 0.6) is 0 Å². The van der Waals surface area contributed by atoms with Gasteiger partial charge in [0, 0.05) is 20.1 Å². The summed E-state index contributed by atoms with van der Waals surface area (Å²) in [4.78, 5) is 14.4. The molecule has 1 heterocycles. The lowest BCUT2D eigenvalue weighted by Crippen LogP contribution is -2.20. The maximum absolute atomic E-state index is 11.8. The summed E-state index contributed by atoms with van der Waals surface area (Å²) in [6.07, 6.45) is 7.44. The van der Waals surface area contributed by atoms with Crippen LogP contribution in [-0.4, -0.2) is 5.78 Å². The zero-order chi connectivity index (χ0) is 17.1. The summed E-state index contributed by atoms with van der Waals surface area (Å²) >= 11 is 5.32. The Morgan fingerprint density at radius 2 is 1.96 bits per heavy atom. The molecule has 3 heteroatoms. The first-order valence-electron chi connectivity index (χ1n) is 8.28. The summed E-state index contributed by atoms with van der Waals surface area (Å²) in [6, 6.07) is 12.8. The van der Waals surface area contributed by atoms with Crippen molar-refractivity contribution in [3.05, 3.63) is 64.5 Å². The number of carbonyl (C=O) groups is 1. The Morgan fingerprint density at radius 3 is 2.62 bits per heavy atom. The minimum atomic E-state index is -0.0498. The molecule has 3 rings (SSSR count). The Kier molecular flexibility index (Phi) is 5.52. The molecule has 2 atom stereocenters. The zero-order valence-electron chi connectivity index (χ0n) is 13.8. The first-order chi connectivity index (χ1) is 11.6. The normalized spacial score (nSPS) is 18.8. The number of rotatable bonds is 5. The maximum Gasteiger partial charge on any atom is 0.137 e. The second kappa shape index (κ2) is 7.62. The van der Waals surface area contributed by atoms with Gasteiger partial charge in [0.15, 0.2) is 0 Å². The Hall–Kier alpha value is -1.45. The van der Waals surface area contributed by atoms with Gasteiger partial charge in [-0.1, -0.05) is 40.2 Å². The lowest BCUT2D eigenvalue weighted by Gasteiger charge is -2.25. The first-order valence-corrected chi connectivity index (χ1v) is 9.89. The van der Waals surface area contributed by atoms with Gasteiger partial charge in [-0.15, -0.1) is 17.9 Å². The molecule has 0 amide bonds. The van der Waals surface area contributed by atoms with Crippen molar-refractivity contribution in [1.29, 1.82) is 0 Å². The van der Waals surface area contributed by atoms with Crippen molar-refractivity contribution in [2.45, 2.75) is 26.2 Å². The average molecular weight is 401 g/mol. The SMILES string of the molecule is C=CC(C(C)=O)C1C=C(c2ccc(-c3ccc(Br)cc3)s2)CCC1. The molecule has 1 nitrogen and oxygen atoms in total. The van der Waals surface area contributed by atoms with Crippen LogP contribution >= 0.6 is 27.3 Å². The van der Waals surface area contributed by atoms with Crippen LogP contribution in [0.15, 0.2) is 59.6 Å². The highest BCUT2D eigenvalue weighted by molar-refractivity contribution is 9.10. The van der Waals surface area contributed by atoms with E-state index in [2.05, 4.69) is 65.0 Å². The minimum absolute atomic E-state index is 0.0498. The maximum atomic E-state index is 11.8. The van der Waals surface area contributed by atoms with Crippen molar-refractivity contribution in [3.8, 4) is 10.4 Å². The Morgan fingerprint density at radius 1 is 1.25 bits per heavy atom. The summed E-state index contributed by atoms with van der Waals surface area (Å²) in [6.45, 7) is 5.53. The molecule has 1 aliphatic rings. The molecule has 1 aromatic heterocycles. The fraction of sp³-hybridized carbons (Fsp3) is 0.286. The van der Waals surface area contributed by atoms with E-state index in [0.717, 1.165) is 23.7 Å². The molecule has 1 aliphatic carbocycles. The number of ketones is 1. The van der Waals surface area contributed by atoms with E-state index in [1.165, 1.54) is 20.9 Å². The summed E-state index contributed by atoms with van der Waals surface area (Å²) in [7, 11) is 0. The fourth-order valence-corrected chi connectivity index (χ4v) is 4.69. The van der Waals surface area contributed by atoms with E-state index in [4.69, 9.17) is 0 Å². The van der Waals surface area contributed by atoms with Gasteiger partial charge in [-0.05, 0) is 67.5 Å². The molecular weight excluding hydrogens is 380 g/mol. The van der Waals surface area contributed by atoms with Crippen molar-refractivity contribution in [3.63, 3.8) is 0 Å². The number of Topliss-reactive ketones (excluding diaryl/α,β-unsaturated/α-hetero) is 1. The molecule has 0 saturated heterocycles. The van der Waals surface area contributed by atoms with Gasteiger partial charge in [0.25, 0.3) is 0 Å². The van der Waals surface area contributed by atoms with E-state index in [0.29, 0.717) is 5.92 Å². The van der Waals surface area contributed by atoms with Crippen molar-refractivity contribution in [2.24, 2.45) is 11.8 Å². The van der Waals surface area contributed by atoms with Gasteiger partial charge in [0.05, 0.1) is 0 Å². The Balaban J connectivity index is 1.86. The van der Waals surface area contributed by atoms with Gasteiger partial charge in [0.1, 0.15) is 5.78 Å². The van der Waals surface area contributed by atoms with Gasteiger partial charge in [-0.3, -0.25) is 4.79 Å². The number of carbonyl (C=O) groups excluding carboxylic acids is 1. The third kappa shape index (κ3) is 3.79.